The summed E-state index contributed by atoms with van der Waals surface area (Å²) in [4.78, 5) is 9.61. The number of ether oxygens (including phenoxy) is 1. The minimum atomic E-state index is 0.628. The summed E-state index contributed by atoms with van der Waals surface area (Å²) in [6.45, 7) is 3.92. The largest absolute Gasteiger partial charge is 0.385 e. The zero-order chi connectivity index (χ0) is 15.1. The molecular formula is C16H26IN3O. The first-order chi connectivity index (χ1) is 10.3. The molecule has 0 unspecified atom stereocenters. The Balaban J connectivity index is 2.21. The molecule has 21 heavy (non-hydrogen) atoms. The van der Waals surface area contributed by atoms with E-state index in [-0.39, 0.29) is 0 Å². The molecule has 0 spiro atoms. The lowest BCUT2D eigenvalue weighted by atomic mass is 10.0. The molecule has 1 aliphatic carbocycles. The average Bonchev–Trinajstić information content (AvgIpc) is 3.01. The molecule has 1 fully saturated rings. The first kappa shape index (κ1) is 16.9. The summed E-state index contributed by atoms with van der Waals surface area (Å²) in [6.07, 6.45) is 8.20. The summed E-state index contributed by atoms with van der Waals surface area (Å²) in [5, 5.41) is 3.47. The van der Waals surface area contributed by atoms with Crippen LogP contribution in [0.4, 0.5) is 5.82 Å². The third-order valence-electron chi connectivity index (χ3n) is 3.96. The van der Waals surface area contributed by atoms with Crippen LogP contribution in [0.25, 0.3) is 0 Å². The normalized spacial score (nSPS) is 15.6. The number of halogens is 1. The van der Waals surface area contributed by atoms with E-state index in [1.807, 2.05) is 0 Å². The molecule has 1 saturated carbocycles. The summed E-state index contributed by atoms with van der Waals surface area (Å²) in [6, 6.07) is 0. The average molecular weight is 403 g/mol. The van der Waals surface area contributed by atoms with Crippen LogP contribution in [0.1, 0.15) is 62.9 Å². The molecule has 0 bridgehead atoms. The van der Waals surface area contributed by atoms with E-state index in [2.05, 4.69) is 34.8 Å². The molecule has 1 N–H and O–H groups in total. The Morgan fingerprint density at radius 2 is 2.05 bits per heavy atom. The van der Waals surface area contributed by atoms with E-state index in [4.69, 9.17) is 14.7 Å². The van der Waals surface area contributed by atoms with Gasteiger partial charge in [-0.25, -0.2) is 9.97 Å². The Kier molecular flexibility index (Phi) is 7.16. The highest BCUT2D eigenvalue weighted by atomic mass is 127. The van der Waals surface area contributed by atoms with Crippen LogP contribution < -0.4 is 5.32 Å². The van der Waals surface area contributed by atoms with Crippen LogP contribution in [0.5, 0.6) is 0 Å². The lowest BCUT2D eigenvalue weighted by molar-refractivity contribution is 0.194. The maximum Gasteiger partial charge on any atom is 0.143 e. The van der Waals surface area contributed by atoms with Gasteiger partial charge in [0, 0.05) is 32.6 Å². The Hall–Kier alpha value is -0.430. The lowest BCUT2D eigenvalue weighted by Crippen LogP contribution is -2.13. The van der Waals surface area contributed by atoms with Gasteiger partial charge in [-0.05, 0) is 48.3 Å². The molecular weight excluding hydrogens is 377 g/mol. The predicted octanol–water partition coefficient (Wildman–Crippen LogP) is 4.14. The second kappa shape index (κ2) is 8.88. The molecule has 4 nitrogen and oxygen atoms in total. The maximum absolute atomic E-state index is 5.14. The van der Waals surface area contributed by atoms with Gasteiger partial charge in [0.15, 0.2) is 0 Å². The minimum Gasteiger partial charge on any atom is -0.385 e. The highest BCUT2D eigenvalue weighted by molar-refractivity contribution is 14.1. The van der Waals surface area contributed by atoms with Crippen molar-refractivity contribution < 1.29 is 4.74 Å². The number of rotatable bonds is 8. The Labute approximate surface area is 141 Å². The van der Waals surface area contributed by atoms with Gasteiger partial charge in [0.1, 0.15) is 11.6 Å². The number of hydrogen-bond donors (Lipinski definition) is 1. The summed E-state index contributed by atoms with van der Waals surface area (Å²) in [5.41, 5.74) is 1.27. The lowest BCUT2D eigenvalue weighted by Gasteiger charge is -2.16. The van der Waals surface area contributed by atoms with E-state index >= 15 is 0 Å². The van der Waals surface area contributed by atoms with Crippen molar-refractivity contribution in [2.45, 2.75) is 57.8 Å². The van der Waals surface area contributed by atoms with Gasteiger partial charge in [-0.2, -0.15) is 0 Å². The quantitative estimate of drug-likeness (QED) is 0.524. The fraction of sp³-hybridized carbons (Fsp3) is 0.750. The first-order valence-electron chi connectivity index (χ1n) is 8.05. The monoisotopic (exact) mass is 403 g/mol. The number of hydrogen-bond acceptors (Lipinski definition) is 4. The van der Waals surface area contributed by atoms with Crippen molar-refractivity contribution in [1.82, 2.24) is 9.97 Å². The van der Waals surface area contributed by atoms with Crippen LogP contribution in [0.15, 0.2) is 0 Å². The SMILES string of the molecule is CCCNc1nc(CCCOC)nc(C2CCCC2)c1I. The molecule has 5 heteroatoms. The van der Waals surface area contributed by atoms with Crippen molar-refractivity contribution in [3.8, 4) is 0 Å². The number of aryl methyl sites for hydroxylation is 1. The van der Waals surface area contributed by atoms with Crippen molar-refractivity contribution in [1.29, 1.82) is 0 Å². The molecule has 1 aromatic heterocycles. The van der Waals surface area contributed by atoms with E-state index in [0.717, 1.165) is 44.1 Å². The van der Waals surface area contributed by atoms with Gasteiger partial charge in [-0.3, -0.25) is 0 Å². The van der Waals surface area contributed by atoms with E-state index in [9.17, 15) is 0 Å². The van der Waals surface area contributed by atoms with Crippen molar-refractivity contribution in [2.75, 3.05) is 25.6 Å². The molecule has 0 aromatic carbocycles. The maximum atomic E-state index is 5.14. The number of nitrogens with one attached hydrogen (secondary N) is 1. The van der Waals surface area contributed by atoms with Gasteiger partial charge in [-0.15, -0.1) is 0 Å². The van der Waals surface area contributed by atoms with Crippen LogP contribution in [0, 0.1) is 3.57 Å². The second-order valence-corrected chi connectivity index (χ2v) is 6.77. The first-order valence-corrected chi connectivity index (χ1v) is 9.13. The van der Waals surface area contributed by atoms with E-state index in [1.165, 1.54) is 34.9 Å². The molecule has 0 radical (unpaired) electrons. The van der Waals surface area contributed by atoms with Crippen LogP contribution in [0.2, 0.25) is 0 Å². The van der Waals surface area contributed by atoms with Crippen molar-refractivity contribution in [3.05, 3.63) is 15.1 Å². The van der Waals surface area contributed by atoms with Gasteiger partial charge >= 0.3 is 0 Å². The van der Waals surface area contributed by atoms with Gasteiger partial charge in [-0.1, -0.05) is 19.8 Å². The summed E-state index contributed by atoms with van der Waals surface area (Å²) in [7, 11) is 1.74. The highest BCUT2D eigenvalue weighted by Crippen LogP contribution is 2.37. The fourth-order valence-electron chi connectivity index (χ4n) is 2.83. The molecule has 2 rings (SSSR count). The van der Waals surface area contributed by atoms with Crippen molar-refractivity contribution in [2.24, 2.45) is 0 Å². The van der Waals surface area contributed by atoms with E-state index in [1.54, 1.807) is 7.11 Å². The second-order valence-electron chi connectivity index (χ2n) is 5.69. The summed E-state index contributed by atoms with van der Waals surface area (Å²) >= 11 is 2.42. The van der Waals surface area contributed by atoms with Crippen molar-refractivity contribution >= 4 is 28.4 Å². The van der Waals surface area contributed by atoms with Gasteiger partial charge in [0.25, 0.3) is 0 Å². The minimum absolute atomic E-state index is 0.628. The highest BCUT2D eigenvalue weighted by Gasteiger charge is 2.23. The molecule has 0 amide bonds. The van der Waals surface area contributed by atoms with Crippen LogP contribution in [0.3, 0.4) is 0 Å². The molecule has 0 saturated heterocycles. The number of anilines is 1. The zero-order valence-corrected chi connectivity index (χ0v) is 15.3. The number of nitrogens with zero attached hydrogens (tertiary/aromatic N) is 2. The zero-order valence-electron chi connectivity index (χ0n) is 13.1. The topological polar surface area (TPSA) is 47.0 Å². The Morgan fingerprint density at radius 3 is 2.71 bits per heavy atom. The smallest absolute Gasteiger partial charge is 0.143 e. The molecule has 0 atom stereocenters. The van der Waals surface area contributed by atoms with E-state index < -0.39 is 0 Å². The fourth-order valence-corrected chi connectivity index (χ4v) is 3.70. The van der Waals surface area contributed by atoms with Crippen molar-refractivity contribution in [3.63, 3.8) is 0 Å². The summed E-state index contributed by atoms with van der Waals surface area (Å²) < 4.78 is 6.37. The molecule has 1 heterocycles. The molecule has 118 valence electrons. The van der Waals surface area contributed by atoms with Gasteiger partial charge < -0.3 is 10.1 Å². The predicted molar refractivity (Wildman–Crippen MR) is 94.9 cm³/mol. The number of methoxy groups -OCH3 is 1. The van der Waals surface area contributed by atoms with Crippen LogP contribution in [-0.4, -0.2) is 30.2 Å². The molecule has 0 aliphatic heterocycles. The molecule has 1 aromatic rings. The number of aromatic nitrogens is 2. The molecule has 1 aliphatic rings. The summed E-state index contributed by atoms with van der Waals surface area (Å²) in [5.74, 6) is 2.62. The van der Waals surface area contributed by atoms with Crippen LogP contribution in [-0.2, 0) is 11.2 Å². The van der Waals surface area contributed by atoms with Gasteiger partial charge in [0.2, 0.25) is 0 Å². The van der Waals surface area contributed by atoms with Crippen LogP contribution >= 0.6 is 22.6 Å². The third-order valence-corrected chi connectivity index (χ3v) is 5.02. The standard InChI is InChI=1S/C16H26IN3O/c1-3-10-18-16-14(17)15(12-7-4-5-8-12)19-13(20-16)9-6-11-21-2/h12H,3-11H2,1-2H3,(H,18,19,20). The van der Waals surface area contributed by atoms with Gasteiger partial charge in [0.05, 0.1) is 9.26 Å². The Morgan fingerprint density at radius 1 is 1.29 bits per heavy atom. The third kappa shape index (κ3) is 4.77. The Bertz CT molecular complexity index is 447. The van der Waals surface area contributed by atoms with E-state index in [0.29, 0.717) is 5.92 Å².